The maximum absolute atomic E-state index is 3.26. The van der Waals surface area contributed by atoms with Crippen LogP contribution < -0.4 is 10.3 Å². The van der Waals surface area contributed by atoms with Crippen LogP contribution in [-0.4, -0.2) is 18.9 Å². The largest absolute Gasteiger partial charge is 0.275 e. The minimum Gasteiger partial charge on any atom is -0.275 e. The second-order valence-electron chi connectivity index (χ2n) is 2.08. The summed E-state index contributed by atoms with van der Waals surface area (Å²) >= 11 is 0. The molecule has 0 saturated heterocycles. The Bertz CT molecular complexity index is 96.7. The Morgan fingerprint density at radius 1 is 1.75 bits per heavy atom. The van der Waals surface area contributed by atoms with Crippen LogP contribution in [0.25, 0.3) is 0 Å². The standard InChI is InChI=1S/C6H12N2/c1-2-3-6-7-4-5-8-6/h2-5H2,1H3,(H,7,8)/p+1. The van der Waals surface area contributed by atoms with Crippen molar-refractivity contribution in [2.75, 3.05) is 13.1 Å². The van der Waals surface area contributed by atoms with Crippen LogP contribution in [0, 0.1) is 0 Å². The smallest absolute Gasteiger partial charge is 0.242 e. The number of rotatable bonds is 2. The van der Waals surface area contributed by atoms with E-state index in [1.807, 2.05) is 0 Å². The van der Waals surface area contributed by atoms with Gasteiger partial charge in [0.05, 0.1) is 0 Å². The first kappa shape index (κ1) is 5.60. The van der Waals surface area contributed by atoms with Crippen molar-refractivity contribution in [3.63, 3.8) is 0 Å². The summed E-state index contributed by atoms with van der Waals surface area (Å²) < 4.78 is 0. The monoisotopic (exact) mass is 113 g/mol. The molecule has 1 aliphatic rings. The highest BCUT2D eigenvalue weighted by molar-refractivity contribution is 5.76. The van der Waals surface area contributed by atoms with Gasteiger partial charge in [0.15, 0.2) is 0 Å². The van der Waals surface area contributed by atoms with Gasteiger partial charge in [-0.3, -0.25) is 10.3 Å². The van der Waals surface area contributed by atoms with Crippen LogP contribution in [0.1, 0.15) is 19.8 Å². The van der Waals surface area contributed by atoms with E-state index in [4.69, 9.17) is 0 Å². The summed E-state index contributed by atoms with van der Waals surface area (Å²) in [5, 5.41) is 3.26. The average Bonchev–Trinajstić information content (AvgIpc) is 2.19. The number of nitrogens with one attached hydrogen (secondary N) is 2. The van der Waals surface area contributed by atoms with E-state index in [1.54, 1.807) is 0 Å². The summed E-state index contributed by atoms with van der Waals surface area (Å²) in [6, 6.07) is 0. The van der Waals surface area contributed by atoms with Crippen molar-refractivity contribution in [2.45, 2.75) is 19.8 Å². The Kier molecular flexibility index (Phi) is 1.89. The molecule has 0 aliphatic carbocycles. The first-order chi connectivity index (χ1) is 3.93. The van der Waals surface area contributed by atoms with Crippen molar-refractivity contribution in [1.29, 1.82) is 0 Å². The minimum atomic E-state index is 1.11. The maximum atomic E-state index is 3.26. The summed E-state index contributed by atoms with van der Waals surface area (Å²) in [6.07, 6.45) is 2.41. The minimum absolute atomic E-state index is 1.11. The van der Waals surface area contributed by atoms with E-state index >= 15 is 0 Å². The van der Waals surface area contributed by atoms with E-state index in [1.165, 1.54) is 18.7 Å². The van der Waals surface area contributed by atoms with E-state index in [2.05, 4.69) is 17.2 Å². The molecule has 1 heterocycles. The van der Waals surface area contributed by atoms with Crippen LogP contribution in [0.4, 0.5) is 0 Å². The van der Waals surface area contributed by atoms with Gasteiger partial charge in [-0.05, 0) is 6.42 Å². The van der Waals surface area contributed by atoms with Crippen LogP contribution in [-0.2, 0) is 0 Å². The van der Waals surface area contributed by atoms with Crippen molar-refractivity contribution in [1.82, 2.24) is 5.32 Å². The first-order valence-electron chi connectivity index (χ1n) is 3.27. The third-order valence-electron chi connectivity index (χ3n) is 1.30. The molecule has 0 bridgehead atoms. The summed E-state index contributed by atoms with van der Waals surface area (Å²) in [5.41, 5.74) is 0. The van der Waals surface area contributed by atoms with Gasteiger partial charge in [-0.15, -0.1) is 0 Å². The molecule has 1 aliphatic heterocycles. The predicted molar refractivity (Wildman–Crippen MR) is 33.7 cm³/mol. The highest BCUT2D eigenvalue weighted by Gasteiger charge is 2.08. The van der Waals surface area contributed by atoms with E-state index in [0.717, 1.165) is 13.1 Å². The molecular formula is C6H13N2+. The van der Waals surface area contributed by atoms with Crippen LogP contribution in [0.2, 0.25) is 0 Å². The Morgan fingerprint density at radius 2 is 2.62 bits per heavy atom. The van der Waals surface area contributed by atoms with Gasteiger partial charge in [0.2, 0.25) is 5.84 Å². The molecule has 2 heteroatoms. The zero-order valence-electron chi connectivity index (χ0n) is 5.33. The molecule has 0 aromatic carbocycles. The van der Waals surface area contributed by atoms with Gasteiger partial charge in [0, 0.05) is 6.42 Å². The third-order valence-corrected chi connectivity index (χ3v) is 1.30. The van der Waals surface area contributed by atoms with Crippen molar-refractivity contribution >= 4 is 5.84 Å². The van der Waals surface area contributed by atoms with E-state index in [-0.39, 0.29) is 0 Å². The molecule has 0 radical (unpaired) electrons. The van der Waals surface area contributed by atoms with Gasteiger partial charge in [-0.25, -0.2) is 0 Å². The van der Waals surface area contributed by atoms with Crippen LogP contribution in [0.3, 0.4) is 0 Å². The summed E-state index contributed by atoms with van der Waals surface area (Å²) in [4.78, 5) is 3.26. The molecule has 8 heavy (non-hydrogen) atoms. The zero-order valence-corrected chi connectivity index (χ0v) is 5.33. The fourth-order valence-corrected chi connectivity index (χ4v) is 0.916. The van der Waals surface area contributed by atoms with Crippen molar-refractivity contribution in [3.05, 3.63) is 0 Å². The molecule has 2 nitrogen and oxygen atoms in total. The fraction of sp³-hybridized carbons (Fsp3) is 0.833. The van der Waals surface area contributed by atoms with Crippen LogP contribution in [0.15, 0.2) is 0 Å². The van der Waals surface area contributed by atoms with Crippen LogP contribution >= 0.6 is 0 Å². The average molecular weight is 113 g/mol. The maximum Gasteiger partial charge on any atom is 0.242 e. The lowest BCUT2D eigenvalue weighted by atomic mass is 10.3. The normalized spacial score (nSPS) is 17.9. The summed E-state index contributed by atoms with van der Waals surface area (Å²) in [5.74, 6) is 1.33. The van der Waals surface area contributed by atoms with Gasteiger partial charge in [0.1, 0.15) is 13.1 Å². The first-order valence-corrected chi connectivity index (χ1v) is 3.27. The van der Waals surface area contributed by atoms with Gasteiger partial charge < -0.3 is 0 Å². The second kappa shape index (κ2) is 2.70. The molecule has 0 aromatic rings. The molecule has 0 saturated carbocycles. The Morgan fingerprint density at radius 3 is 3.12 bits per heavy atom. The molecule has 0 atom stereocenters. The Balaban J connectivity index is 2.23. The molecule has 1 rings (SSSR count). The lowest BCUT2D eigenvalue weighted by molar-refractivity contribution is -0.445. The lowest BCUT2D eigenvalue weighted by Gasteiger charge is -1.87. The predicted octanol–water partition coefficient (Wildman–Crippen LogP) is -1.13. The van der Waals surface area contributed by atoms with Crippen molar-refractivity contribution in [3.8, 4) is 0 Å². The van der Waals surface area contributed by atoms with Crippen molar-refractivity contribution < 1.29 is 4.99 Å². The molecule has 0 amide bonds. The van der Waals surface area contributed by atoms with E-state index < -0.39 is 0 Å². The molecule has 0 unspecified atom stereocenters. The molecule has 0 fully saturated rings. The molecule has 0 aromatic heterocycles. The van der Waals surface area contributed by atoms with Crippen LogP contribution in [0.5, 0.6) is 0 Å². The Hall–Kier alpha value is -0.530. The number of hydrogen-bond donors (Lipinski definition) is 2. The van der Waals surface area contributed by atoms with Gasteiger partial charge in [-0.1, -0.05) is 6.92 Å². The molecule has 46 valence electrons. The highest BCUT2D eigenvalue weighted by Crippen LogP contribution is 1.83. The topological polar surface area (TPSA) is 26.0 Å². The zero-order chi connectivity index (χ0) is 5.82. The van der Waals surface area contributed by atoms with Gasteiger partial charge in [0.25, 0.3) is 0 Å². The van der Waals surface area contributed by atoms with Gasteiger partial charge in [-0.2, -0.15) is 0 Å². The second-order valence-corrected chi connectivity index (χ2v) is 2.08. The Labute approximate surface area is 50.0 Å². The SMILES string of the molecule is CCCC1=[NH+]CCN1. The van der Waals surface area contributed by atoms with E-state index in [9.17, 15) is 0 Å². The molecule has 2 N–H and O–H groups in total. The molecular weight excluding hydrogens is 100 g/mol. The highest BCUT2D eigenvalue weighted by atomic mass is 15.1. The summed E-state index contributed by atoms with van der Waals surface area (Å²) in [7, 11) is 0. The third kappa shape index (κ3) is 1.22. The summed E-state index contributed by atoms with van der Waals surface area (Å²) in [6.45, 7) is 4.40. The quantitative estimate of drug-likeness (QED) is 0.465. The lowest BCUT2D eigenvalue weighted by Crippen LogP contribution is -2.70. The fourth-order valence-electron chi connectivity index (χ4n) is 0.916. The number of hydrogen-bond acceptors (Lipinski definition) is 1. The van der Waals surface area contributed by atoms with Crippen molar-refractivity contribution in [2.24, 2.45) is 0 Å². The van der Waals surface area contributed by atoms with Gasteiger partial charge >= 0.3 is 0 Å². The van der Waals surface area contributed by atoms with E-state index in [0.29, 0.717) is 0 Å². The molecule has 0 spiro atoms. The number of amidine groups is 1.